The summed E-state index contributed by atoms with van der Waals surface area (Å²) in [7, 11) is 3.17. The van der Waals surface area contributed by atoms with E-state index in [4.69, 9.17) is 21.5 Å². The molecule has 0 bridgehead atoms. The van der Waals surface area contributed by atoms with Crippen molar-refractivity contribution in [2.24, 2.45) is 0 Å². The van der Waals surface area contributed by atoms with E-state index in [1.807, 2.05) is 19.1 Å². The first-order valence-corrected chi connectivity index (χ1v) is 4.65. The van der Waals surface area contributed by atoms with Crippen LogP contribution in [0.4, 0.5) is 0 Å². The maximum Gasteiger partial charge on any atom is 0.137 e. The number of methoxy groups -OCH3 is 1. The summed E-state index contributed by atoms with van der Waals surface area (Å²) in [5, 5.41) is 10.8. The third kappa shape index (κ3) is 2.61. The quantitative estimate of drug-likeness (QED) is 0.787. The van der Waals surface area contributed by atoms with Crippen LogP contribution in [0.1, 0.15) is 11.1 Å². The Morgan fingerprint density at radius 1 is 1.50 bits per heavy atom. The average Bonchev–Trinajstić information content (AvgIpc) is 2.09. The summed E-state index contributed by atoms with van der Waals surface area (Å²) in [6, 6.07) is 3.67. The highest BCUT2D eigenvalue weighted by Gasteiger charge is 2.07. The highest BCUT2D eigenvalue weighted by molar-refractivity contribution is 6.32. The largest absolute Gasteiger partial charge is 0.495 e. The molecule has 4 heteroatoms. The summed E-state index contributed by atoms with van der Waals surface area (Å²) >= 11 is 5.94. The van der Waals surface area contributed by atoms with E-state index in [0.717, 1.165) is 16.2 Å². The summed E-state index contributed by atoms with van der Waals surface area (Å²) in [5.41, 5.74) is 2.04. The summed E-state index contributed by atoms with van der Waals surface area (Å²) in [6.45, 7) is 2.41. The van der Waals surface area contributed by atoms with Crippen molar-refractivity contribution in [2.45, 2.75) is 13.5 Å². The van der Waals surface area contributed by atoms with Crippen LogP contribution in [0.3, 0.4) is 0 Å². The van der Waals surface area contributed by atoms with Gasteiger partial charge in [0.1, 0.15) is 5.75 Å². The number of hydroxylamine groups is 2. The first-order valence-electron chi connectivity index (χ1n) is 4.27. The Labute approximate surface area is 88.8 Å². The third-order valence-electron chi connectivity index (χ3n) is 2.01. The molecule has 0 aliphatic heterocycles. The highest BCUT2D eigenvalue weighted by Crippen LogP contribution is 2.28. The van der Waals surface area contributed by atoms with E-state index in [0.29, 0.717) is 17.3 Å². The first kappa shape index (κ1) is 11.3. The summed E-state index contributed by atoms with van der Waals surface area (Å²) in [6.07, 6.45) is 0. The zero-order valence-electron chi connectivity index (χ0n) is 8.54. The number of ether oxygens (including phenoxy) is 1. The number of hydrogen-bond acceptors (Lipinski definition) is 3. The van der Waals surface area contributed by atoms with Crippen LogP contribution in [0.25, 0.3) is 0 Å². The van der Waals surface area contributed by atoms with Gasteiger partial charge < -0.3 is 9.94 Å². The van der Waals surface area contributed by atoms with E-state index in [1.54, 1.807) is 14.2 Å². The van der Waals surface area contributed by atoms with Crippen molar-refractivity contribution in [3.05, 3.63) is 28.3 Å². The van der Waals surface area contributed by atoms with Crippen LogP contribution in [0, 0.1) is 6.92 Å². The van der Waals surface area contributed by atoms with Crippen molar-refractivity contribution in [1.82, 2.24) is 5.06 Å². The van der Waals surface area contributed by atoms with E-state index in [1.165, 1.54) is 0 Å². The topological polar surface area (TPSA) is 32.7 Å². The van der Waals surface area contributed by atoms with E-state index >= 15 is 0 Å². The number of rotatable bonds is 3. The molecule has 0 amide bonds. The van der Waals surface area contributed by atoms with Gasteiger partial charge in [0, 0.05) is 13.6 Å². The van der Waals surface area contributed by atoms with Crippen LogP contribution in [-0.2, 0) is 6.54 Å². The molecule has 1 aromatic carbocycles. The molecular weight excluding hydrogens is 202 g/mol. The first-order chi connectivity index (χ1) is 6.54. The van der Waals surface area contributed by atoms with Gasteiger partial charge in [-0.05, 0) is 30.2 Å². The SMILES string of the molecule is COc1cc(CN(C)O)c(C)cc1Cl. The molecule has 0 aliphatic carbocycles. The van der Waals surface area contributed by atoms with Crippen molar-refractivity contribution >= 4 is 11.6 Å². The zero-order valence-corrected chi connectivity index (χ0v) is 9.30. The lowest BCUT2D eigenvalue weighted by Gasteiger charge is -2.13. The standard InChI is InChI=1S/C10H14ClNO2/c1-7-4-9(11)10(14-3)5-8(7)6-12(2)13/h4-5,13H,6H2,1-3H3. The zero-order chi connectivity index (χ0) is 10.7. The molecule has 78 valence electrons. The smallest absolute Gasteiger partial charge is 0.137 e. The summed E-state index contributed by atoms with van der Waals surface area (Å²) < 4.78 is 5.09. The molecular formula is C10H14ClNO2. The molecule has 0 heterocycles. The van der Waals surface area contributed by atoms with Gasteiger partial charge >= 0.3 is 0 Å². The molecule has 14 heavy (non-hydrogen) atoms. The van der Waals surface area contributed by atoms with Crippen LogP contribution < -0.4 is 4.74 Å². The molecule has 0 radical (unpaired) electrons. The molecule has 1 rings (SSSR count). The Bertz CT molecular complexity index is 326. The Hall–Kier alpha value is -0.770. The summed E-state index contributed by atoms with van der Waals surface area (Å²) in [4.78, 5) is 0. The Balaban J connectivity index is 3.04. The molecule has 0 saturated carbocycles. The van der Waals surface area contributed by atoms with Gasteiger partial charge in [0.05, 0.1) is 12.1 Å². The fraction of sp³-hybridized carbons (Fsp3) is 0.400. The highest BCUT2D eigenvalue weighted by atomic mass is 35.5. The molecule has 3 nitrogen and oxygen atoms in total. The monoisotopic (exact) mass is 215 g/mol. The molecule has 0 aromatic heterocycles. The lowest BCUT2D eigenvalue weighted by Crippen LogP contribution is -2.12. The third-order valence-corrected chi connectivity index (χ3v) is 2.30. The molecule has 0 saturated heterocycles. The number of halogens is 1. The molecule has 0 aliphatic rings. The van der Waals surface area contributed by atoms with Crippen LogP contribution in [0.2, 0.25) is 5.02 Å². The predicted octanol–water partition coefficient (Wildman–Crippen LogP) is 2.48. The summed E-state index contributed by atoms with van der Waals surface area (Å²) in [5.74, 6) is 0.633. The Kier molecular flexibility index (Phi) is 3.75. The van der Waals surface area contributed by atoms with Gasteiger partial charge in [0.25, 0.3) is 0 Å². The number of aryl methyl sites for hydroxylation is 1. The minimum Gasteiger partial charge on any atom is -0.495 e. The minimum atomic E-state index is 0.458. The average molecular weight is 216 g/mol. The maximum absolute atomic E-state index is 9.12. The maximum atomic E-state index is 9.12. The van der Waals surface area contributed by atoms with E-state index in [9.17, 15) is 0 Å². The van der Waals surface area contributed by atoms with Gasteiger partial charge in [-0.2, -0.15) is 5.06 Å². The number of nitrogens with zero attached hydrogens (tertiary/aromatic N) is 1. The Morgan fingerprint density at radius 2 is 2.14 bits per heavy atom. The van der Waals surface area contributed by atoms with E-state index in [-0.39, 0.29) is 0 Å². The molecule has 0 atom stereocenters. The lowest BCUT2D eigenvalue weighted by molar-refractivity contribution is -0.0733. The fourth-order valence-electron chi connectivity index (χ4n) is 1.27. The molecule has 1 N–H and O–H groups in total. The molecule has 0 spiro atoms. The predicted molar refractivity (Wildman–Crippen MR) is 56.0 cm³/mol. The second-order valence-electron chi connectivity index (χ2n) is 3.23. The van der Waals surface area contributed by atoms with Crippen molar-refractivity contribution in [2.75, 3.05) is 14.2 Å². The van der Waals surface area contributed by atoms with Crippen molar-refractivity contribution in [3.8, 4) is 5.75 Å². The lowest BCUT2D eigenvalue weighted by atomic mass is 10.1. The van der Waals surface area contributed by atoms with Gasteiger partial charge in [-0.25, -0.2) is 0 Å². The van der Waals surface area contributed by atoms with Crippen LogP contribution >= 0.6 is 11.6 Å². The van der Waals surface area contributed by atoms with Crippen molar-refractivity contribution < 1.29 is 9.94 Å². The van der Waals surface area contributed by atoms with Crippen molar-refractivity contribution in [3.63, 3.8) is 0 Å². The second kappa shape index (κ2) is 4.64. The second-order valence-corrected chi connectivity index (χ2v) is 3.64. The molecule has 0 unspecified atom stereocenters. The van der Waals surface area contributed by atoms with E-state index < -0.39 is 0 Å². The van der Waals surface area contributed by atoms with Gasteiger partial charge in [0.2, 0.25) is 0 Å². The minimum absolute atomic E-state index is 0.458. The van der Waals surface area contributed by atoms with Gasteiger partial charge in [0.15, 0.2) is 0 Å². The number of hydrogen-bond donors (Lipinski definition) is 1. The van der Waals surface area contributed by atoms with Gasteiger partial charge in [-0.3, -0.25) is 0 Å². The van der Waals surface area contributed by atoms with Crippen LogP contribution in [-0.4, -0.2) is 24.4 Å². The van der Waals surface area contributed by atoms with Crippen molar-refractivity contribution in [1.29, 1.82) is 0 Å². The van der Waals surface area contributed by atoms with Gasteiger partial charge in [-0.15, -0.1) is 0 Å². The Morgan fingerprint density at radius 3 is 2.64 bits per heavy atom. The van der Waals surface area contributed by atoms with Gasteiger partial charge in [-0.1, -0.05) is 11.6 Å². The normalized spacial score (nSPS) is 10.7. The van der Waals surface area contributed by atoms with Crippen LogP contribution in [0.5, 0.6) is 5.75 Å². The molecule has 1 aromatic rings. The molecule has 0 fully saturated rings. The fourth-order valence-corrected chi connectivity index (χ4v) is 1.56. The van der Waals surface area contributed by atoms with E-state index in [2.05, 4.69) is 0 Å². The van der Waals surface area contributed by atoms with Crippen LogP contribution in [0.15, 0.2) is 12.1 Å². The number of benzene rings is 1.